The van der Waals surface area contributed by atoms with E-state index in [0.717, 1.165) is 30.3 Å². The summed E-state index contributed by atoms with van der Waals surface area (Å²) in [7, 11) is 1.62. The molecular formula is C26H31N3O4. The molecule has 1 fully saturated rings. The predicted molar refractivity (Wildman–Crippen MR) is 125 cm³/mol. The van der Waals surface area contributed by atoms with Gasteiger partial charge in [-0.2, -0.15) is 0 Å². The summed E-state index contributed by atoms with van der Waals surface area (Å²) >= 11 is 0. The van der Waals surface area contributed by atoms with Crippen LogP contribution in [0.4, 0.5) is 0 Å². The molecule has 1 aliphatic heterocycles. The maximum Gasteiger partial charge on any atom is 0.271 e. The van der Waals surface area contributed by atoms with Gasteiger partial charge in [-0.25, -0.2) is 0 Å². The Balaban J connectivity index is 1.55. The van der Waals surface area contributed by atoms with E-state index in [1.165, 1.54) is 6.42 Å². The third kappa shape index (κ3) is 3.59. The number of fused-ring (bicyclic) bond motifs is 3. The molecule has 0 unspecified atom stereocenters. The molecule has 1 N–H and O–H groups in total. The number of furan rings is 1. The second kappa shape index (κ2) is 8.28. The van der Waals surface area contributed by atoms with Crippen LogP contribution in [0.15, 0.2) is 47.1 Å². The number of hydrogen-bond donors (Lipinski definition) is 1. The zero-order valence-corrected chi connectivity index (χ0v) is 19.5. The molecule has 1 saturated carbocycles. The number of amides is 2. The average Bonchev–Trinajstić information content (AvgIpc) is 3.41. The molecule has 0 spiro atoms. The highest BCUT2D eigenvalue weighted by Crippen LogP contribution is 2.35. The maximum absolute atomic E-state index is 13.9. The maximum atomic E-state index is 13.9. The van der Waals surface area contributed by atoms with Crippen molar-refractivity contribution in [1.82, 2.24) is 14.8 Å². The van der Waals surface area contributed by atoms with Gasteiger partial charge < -0.3 is 23.9 Å². The molecule has 0 bridgehead atoms. The largest absolute Gasteiger partial charge is 0.496 e. The molecule has 3 heterocycles. The molecule has 0 radical (unpaired) electrons. The second-order valence-corrected chi connectivity index (χ2v) is 9.60. The molecule has 174 valence electrons. The summed E-state index contributed by atoms with van der Waals surface area (Å²) in [5.74, 6) is 0.827. The molecule has 5 rings (SSSR count). The monoisotopic (exact) mass is 449 g/mol. The van der Waals surface area contributed by atoms with E-state index in [9.17, 15) is 9.59 Å². The number of aromatic nitrogens is 1. The smallest absolute Gasteiger partial charge is 0.271 e. The SMILES string of the molecule is COc1ccccc1CN1C(=O)c2cc3occc3n2C[C@]1(C)C(=O)N[C@H]1CCCC[C@H]1C. The lowest BCUT2D eigenvalue weighted by atomic mass is 9.85. The summed E-state index contributed by atoms with van der Waals surface area (Å²) in [6.07, 6.45) is 6.03. The first-order chi connectivity index (χ1) is 15.9. The summed E-state index contributed by atoms with van der Waals surface area (Å²) in [6.45, 7) is 4.71. The molecule has 1 aromatic carbocycles. The van der Waals surface area contributed by atoms with Gasteiger partial charge in [0.05, 0.1) is 32.0 Å². The molecule has 3 aromatic rings. The standard InChI is InChI=1S/C26H31N3O4/c1-17-8-4-6-10-19(17)27-25(31)26(2)16-28-20-12-13-33-23(20)14-21(28)24(30)29(26)15-18-9-5-7-11-22(18)32-3/h5,7,9,11-14,17,19H,4,6,8,10,15-16H2,1-3H3,(H,27,31)/t17-,19+,26-/m1/s1. The van der Waals surface area contributed by atoms with E-state index in [1.807, 2.05) is 41.8 Å². The quantitative estimate of drug-likeness (QED) is 0.628. The van der Waals surface area contributed by atoms with Gasteiger partial charge in [-0.05, 0) is 31.7 Å². The minimum absolute atomic E-state index is 0.111. The second-order valence-electron chi connectivity index (χ2n) is 9.60. The Morgan fingerprint density at radius 3 is 2.82 bits per heavy atom. The lowest BCUT2D eigenvalue weighted by molar-refractivity contribution is -0.134. The Kier molecular flexibility index (Phi) is 5.43. The summed E-state index contributed by atoms with van der Waals surface area (Å²) in [5.41, 5.74) is 1.82. The first-order valence-electron chi connectivity index (χ1n) is 11.7. The molecule has 2 amide bonds. The fourth-order valence-corrected chi connectivity index (χ4v) is 5.38. The number of methoxy groups -OCH3 is 1. The van der Waals surface area contributed by atoms with E-state index in [0.29, 0.717) is 29.5 Å². The zero-order chi connectivity index (χ0) is 23.2. The number of carbonyl (C=O) groups is 2. The van der Waals surface area contributed by atoms with Crippen molar-refractivity contribution < 1.29 is 18.7 Å². The molecule has 7 nitrogen and oxygen atoms in total. The molecule has 7 heteroatoms. The van der Waals surface area contributed by atoms with Crippen molar-refractivity contribution in [3.05, 3.63) is 53.9 Å². The zero-order valence-electron chi connectivity index (χ0n) is 19.5. The van der Waals surface area contributed by atoms with Crippen molar-refractivity contribution in [3.63, 3.8) is 0 Å². The van der Waals surface area contributed by atoms with Crippen molar-refractivity contribution >= 4 is 22.9 Å². The van der Waals surface area contributed by atoms with Crippen LogP contribution in [0.2, 0.25) is 0 Å². The van der Waals surface area contributed by atoms with Crippen molar-refractivity contribution in [2.24, 2.45) is 5.92 Å². The van der Waals surface area contributed by atoms with Crippen LogP contribution in [0, 0.1) is 5.92 Å². The van der Waals surface area contributed by atoms with Gasteiger partial charge in [-0.3, -0.25) is 9.59 Å². The summed E-state index contributed by atoms with van der Waals surface area (Å²) in [5, 5.41) is 3.31. The van der Waals surface area contributed by atoms with Crippen molar-refractivity contribution in [3.8, 4) is 5.75 Å². The van der Waals surface area contributed by atoms with Gasteiger partial charge in [0.25, 0.3) is 5.91 Å². The van der Waals surface area contributed by atoms with E-state index in [1.54, 1.807) is 24.3 Å². The predicted octanol–water partition coefficient (Wildman–Crippen LogP) is 4.35. The fourth-order valence-electron chi connectivity index (χ4n) is 5.38. The number of rotatable bonds is 5. The first kappa shape index (κ1) is 21.6. The van der Waals surface area contributed by atoms with Crippen molar-refractivity contribution in [2.45, 2.75) is 64.2 Å². The van der Waals surface area contributed by atoms with Crippen molar-refractivity contribution in [1.29, 1.82) is 0 Å². The first-order valence-corrected chi connectivity index (χ1v) is 11.7. The molecular weight excluding hydrogens is 418 g/mol. The molecule has 0 saturated heterocycles. The van der Waals surface area contributed by atoms with E-state index < -0.39 is 5.54 Å². The minimum Gasteiger partial charge on any atom is -0.496 e. The van der Waals surface area contributed by atoms with Crippen LogP contribution in [-0.4, -0.2) is 40.0 Å². The van der Waals surface area contributed by atoms with Crippen LogP contribution in [0.5, 0.6) is 5.75 Å². The van der Waals surface area contributed by atoms with Crippen LogP contribution in [-0.2, 0) is 17.9 Å². The van der Waals surface area contributed by atoms with Gasteiger partial charge in [0.15, 0.2) is 5.58 Å². The Morgan fingerprint density at radius 1 is 1.24 bits per heavy atom. The van der Waals surface area contributed by atoms with Crippen LogP contribution < -0.4 is 10.1 Å². The lowest BCUT2D eigenvalue weighted by Crippen LogP contribution is -2.65. The minimum atomic E-state index is -1.06. The van der Waals surface area contributed by atoms with Gasteiger partial charge in [0, 0.05) is 23.7 Å². The number of ether oxygens (including phenoxy) is 1. The Hall–Kier alpha value is -3.22. The summed E-state index contributed by atoms with van der Waals surface area (Å²) in [6, 6.07) is 11.4. The number of benzene rings is 1. The Bertz CT molecular complexity index is 1200. The number of nitrogens with one attached hydrogen (secondary N) is 1. The third-order valence-corrected chi connectivity index (χ3v) is 7.49. The number of para-hydroxylation sites is 1. The van der Waals surface area contributed by atoms with E-state index in [2.05, 4.69) is 12.2 Å². The highest BCUT2D eigenvalue weighted by atomic mass is 16.5. The van der Waals surface area contributed by atoms with Crippen LogP contribution in [0.25, 0.3) is 11.1 Å². The topological polar surface area (TPSA) is 76.7 Å². The van der Waals surface area contributed by atoms with E-state index in [4.69, 9.17) is 9.15 Å². The van der Waals surface area contributed by atoms with Crippen LogP contribution in [0.3, 0.4) is 0 Å². The van der Waals surface area contributed by atoms with Gasteiger partial charge in [0.1, 0.15) is 17.0 Å². The average molecular weight is 450 g/mol. The molecule has 2 aromatic heterocycles. The fraction of sp³-hybridized carbons (Fsp3) is 0.462. The van der Waals surface area contributed by atoms with Crippen LogP contribution in [0.1, 0.15) is 55.6 Å². The van der Waals surface area contributed by atoms with Gasteiger partial charge >= 0.3 is 0 Å². The Labute approximate surface area is 193 Å². The highest BCUT2D eigenvalue weighted by Gasteiger charge is 2.48. The molecule has 1 aliphatic carbocycles. The number of nitrogens with zero attached hydrogens (tertiary/aromatic N) is 2. The highest BCUT2D eigenvalue weighted by molar-refractivity contribution is 6.02. The number of carbonyl (C=O) groups excluding carboxylic acids is 2. The Morgan fingerprint density at radius 2 is 2.03 bits per heavy atom. The summed E-state index contributed by atoms with van der Waals surface area (Å²) in [4.78, 5) is 29.4. The third-order valence-electron chi connectivity index (χ3n) is 7.49. The van der Waals surface area contributed by atoms with Gasteiger partial charge in [-0.15, -0.1) is 0 Å². The molecule has 33 heavy (non-hydrogen) atoms. The van der Waals surface area contributed by atoms with E-state index >= 15 is 0 Å². The van der Waals surface area contributed by atoms with Gasteiger partial charge in [0.2, 0.25) is 5.91 Å². The van der Waals surface area contributed by atoms with Gasteiger partial charge in [-0.1, -0.05) is 38.0 Å². The van der Waals surface area contributed by atoms with Crippen LogP contribution >= 0.6 is 0 Å². The molecule has 3 atom stereocenters. The summed E-state index contributed by atoms with van der Waals surface area (Å²) < 4.78 is 13.0. The number of hydrogen-bond acceptors (Lipinski definition) is 4. The van der Waals surface area contributed by atoms with E-state index in [-0.39, 0.29) is 24.4 Å². The molecule has 2 aliphatic rings. The normalized spacial score (nSPS) is 25.2. The van der Waals surface area contributed by atoms with Crippen molar-refractivity contribution in [2.75, 3.05) is 7.11 Å². The lowest BCUT2D eigenvalue weighted by Gasteiger charge is -2.45.